The van der Waals surface area contributed by atoms with Crippen LogP contribution in [0.5, 0.6) is 11.5 Å². The number of aryl methyl sites for hydroxylation is 1. The number of hydrogen-bond acceptors (Lipinski definition) is 4. The number of ether oxygens (including phenoxy) is 2. The van der Waals surface area contributed by atoms with Crippen LogP contribution < -0.4 is 25.4 Å². The normalized spacial score (nSPS) is 9.96. The van der Waals surface area contributed by atoms with Gasteiger partial charge in [-0.2, -0.15) is 0 Å². The maximum Gasteiger partial charge on any atom is 0.319 e. The Balaban J connectivity index is 1.76. The number of amides is 3. The molecular weight excluding hydrogens is 334 g/mol. The zero-order chi connectivity index (χ0) is 18.9. The lowest BCUT2D eigenvalue weighted by atomic mass is 10.2. The summed E-state index contributed by atoms with van der Waals surface area (Å²) in [4.78, 5) is 24.0. The number of nitrogens with one attached hydrogen (secondary N) is 3. The summed E-state index contributed by atoms with van der Waals surface area (Å²) >= 11 is 0. The molecule has 138 valence electrons. The van der Waals surface area contributed by atoms with Crippen molar-refractivity contribution in [2.24, 2.45) is 0 Å². The predicted molar refractivity (Wildman–Crippen MR) is 100 cm³/mol. The predicted octanol–water partition coefficient (Wildman–Crippen LogP) is 2.56. The van der Waals surface area contributed by atoms with Crippen molar-refractivity contribution >= 4 is 17.6 Å². The molecule has 26 heavy (non-hydrogen) atoms. The van der Waals surface area contributed by atoms with Gasteiger partial charge >= 0.3 is 6.03 Å². The average molecular weight is 357 g/mol. The van der Waals surface area contributed by atoms with Crippen LogP contribution in [0.3, 0.4) is 0 Å². The minimum absolute atomic E-state index is 0.213. The minimum atomic E-state index is -0.368. The minimum Gasteiger partial charge on any atom is -0.497 e. The number of carbonyl (C=O) groups excluding carboxylic acids is 2. The molecule has 0 fully saturated rings. The van der Waals surface area contributed by atoms with E-state index in [1.54, 1.807) is 44.6 Å². The quantitative estimate of drug-likeness (QED) is 0.665. The summed E-state index contributed by atoms with van der Waals surface area (Å²) in [6.45, 7) is 2.53. The van der Waals surface area contributed by atoms with E-state index in [2.05, 4.69) is 16.0 Å². The van der Waals surface area contributed by atoms with Crippen molar-refractivity contribution in [1.82, 2.24) is 10.6 Å². The van der Waals surface area contributed by atoms with E-state index in [0.717, 1.165) is 5.56 Å². The van der Waals surface area contributed by atoms with Crippen LogP contribution >= 0.6 is 0 Å². The molecule has 0 aliphatic heterocycles. The van der Waals surface area contributed by atoms with Crippen LogP contribution in [0.15, 0.2) is 42.5 Å². The Morgan fingerprint density at radius 3 is 2.27 bits per heavy atom. The van der Waals surface area contributed by atoms with E-state index < -0.39 is 0 Å². The number of benzene rings is 2. The number of anilines is 1. The van der Waals surface area contributed by atoms with Crippen molar-refractivity contribution in [2.75, 3.05) is 32.6 Å². The van der Waals surface area contributed by atoms with Crippen molar-refractivity contribution in [1.29, 1.82) is 0 Å². The summed E-state index contributed by atoms with van der Waals surface area (Å²) in [5, 5.41) is 8.16. The van der Waals surface area contributed by atoms with Gasteiger partial charge in [-0.15, -0.1) is 0 Å². The highest BCUT2D eigenvalue weighted by Crippen LogP contribution is 2.24. The van der Waals surface area contributed by atoms with Gasteiger partial charge in [-0.1, -0.05) is 6.07 Å². The number of urea groups is 1. The van der Waals surface area contributed by atoms with Gasteiger partial charge in [0.2, 0.25) is 0 Å². The van der Waals surface area contributed by atoms with Crippen LogP contribution in [0.1, 0.15) is 15.9 Å². The molecule has 2 rings (SSSR count). The topological polar surface area (TPSA) is 88.7 Å². The van der Waals surface area contributed by atoms with Gasteiger partial charge in [0.15, 0.2) is 0 Å². The van der Waals surface area contributed by atoms with E-state index in [1.807, 2.05) is 19.1 Å². The molecule has 0 saturated heterocycles. The van der Waals surface area contributed by atoms with Crippen LogP contribution in [0.4, 0.5) is 10.5 Å². The fraction of sp³-hybridized carbons (Fsp3) is 0.263. The van der Waals surface area contributed by atoms with E-state index in [4.69, 9.17) is 9.47 Å². The Labute approximate surface area is 152 Å². The van der Waals surface area contributed by atoms with Crippen molar-refractivity contribution < 1.29 is 19.1 Å². The summed E-state index contributed by atoms with van der Waals surface area (Å²) in [6, 6.07) is 11.9. The van der Waals surface area contributed by atoms with Gasteiger partial charge in [0.25, 0.3) is 5.91 Å². The first-order valence-corrected chi connectivity index (χ1v) is 8.15. The Morgan fingerprint density at radius 2 is 1.62 bits per heavy atom. The Bertz CT molecular complexity index is 760. The van der Waals surface area contributed by atoms with Gasteiger partial charge in [-0.3, -0.25) is 4.79 Å². The maximum atomic E-state index is 12.0. The van der Waals surface area contributed by atoms with Crippen LogP contribution in [0, 0.1) is 6.92 Å². The molecule has 0 heterocycles. The number of rotatable bonds is 7. The molecule has 0 aliphatic carbocycles. The molecule has 0 bridgehead atoms. The number of methoxy groups -OCH3 is 2. The standard InChI is InChI=1S/C19H23N3O4/c1-13-4-9-17(26-3)16(12-13)22-19(24)21-11-10-20-18(23)14-5-7-15(25-2)8-6-14/h4-9,12H,10-11H2,1-3H3,(H,20,23)(H2,21,22,24). The zero-order valence-electron chi connectivity index (χ0n) is 15.1. The Morgan fingerprint density at radius 1 is 0.923 bits per heavy atom. The first-order valence-electron chi connectivity index (χ1n) is 8.15. The molecule has 0 radical (unpaired) electrons. The lowest BCUT2D eigenvalue weighted by Crippen LogP contribution is -2.36. The van der Waals surface area contributed by atoms with Gasteiger partial charge < -0.3 is 25.4 Å². The largest absolute Gasteiger partial charge is 0.497 e. The summed E-state index contributed by atoms with van der Waals surface area (Å²) in [5.74, 6) is 1.06. The fourth-order valence-electron chi connectivity index (χ4n) is 2.28. The molecule has 7 heteroatoms. The third-order valence-corrected chi connectivity index (χ3v) is 3.65. The van der Waals surface area contributed by atoms with E-state index in [-0.39, 0.29) is 11.9 Å². The SMILES string of the molecule is COc1ccc(C(=O)NCCNC(=O)Nc2cc(C)ccc2OC)cc1. The van der Waals surface area contributed by atoms with E-state index in [1.165, 1.54) is 0 Å². The van der Waals surface area contributed by atoms with Crippen molar-refractivity contribution in [3.05, 3.63) is 53.6 Å². The molecule has 0 aromatic heterocycles. The highest BCUT2D eigenvalue weighted by molar-refractivity contribution is 5.94. The van der Waals surface area contributed by atoms with Crippen LogP contribution in [0.2, 0.25) is 0 Å². The molecule has 2 aromatic carbocycles. The van der Waals surface area contributed by atoms with Gasteiger partial charge in [-0.05, 0) is 48.9 Å². The highest BCUT2D eigenvalue weighted by atomic mass is 16.5. The zero-order valence-corrected chi connectivity index (χ0v) is 15.1. The average Bonchev–Trinajstić information content (AvgIpc) is 2.65. The summed E-state index contributed by atoms with van der Waals surface area (Å²) in [6.07, 6.45) is 0. The monoisotopic (exact) mass is 357 g/mol. The molecule has 0 saturated carbocycles. The smallest absolute Gasteiger partial charge is 0.319 e. The molecule has 0 unspecified atom stereocenters. The van der Waals surface area contributed by atoms with E-state index in [0.29, 0.717) is 35.8 Å². The van der Waals surface area contributed by atoms with Crippen LogP contribution in [-0.2, 0) is 0 Å². The Hall–Kier alpha value is -3.22. The van der Waals surface area contributed by atoms with Crippen molar-refractivity contribution in [3.8, 4) is 11.5 Å². The summed E-state index contributed by atoms with van der Waals surface area (Å²) in [7, 11) is 3.11. The van der Waals surface area contributed by atoms with Crippen LogP contribution in [-0.4, -0.2) is 39.2 Å². The second kappa shape index (κ2) is 9.31. The number of carbonyl (C=O) groups is 2. The summed E-state index contributed by atoms with van der Waals surface area (Å²) < 4.78 is 10.3. The van der Waals surface area contributed by atoms with Gasteiger partial charge in [0.1, 0.15) is 11.5 Å². The third-order valence-electron chi connectivity index (χ3n) is 3.65. The lowest BCUT2D eigenvalue weighted by Gasteiger charge is -2.12. The second-order valence-corrected chi connectivity index (χ2v) is 5.57. The summed E-state index contributed by atoms with van der Waals surface area (Å²) in [5.41, 5.74) is 2.12. The molecule has 3 amide bonds. The molecule has 0 atom stereocenters. The molecule has 7 nitrogen and oxygen atoms in total. The van der Waals surface area contributed by atoms with Gasteiger partial charge in [0.05, 0.1) is 19.9 Å². The maximum absolute atomic E-state index is 12.0. The molecule has 3 N–H and O–H groups in total. The van der Waals surface area contributed by atoms with Gasteiger partial charge in [0, 0.05) is 18.7 Å². The van der Waals surface area contributed by atoms with E-state index in [9.17, 15) is 9.59 Å². The van der Waals surface area contributed by atoms with Crippen molar-refractivity contribution in [3.63, 3.8) is 0 Å². The van der Waals surface area contributed by atoms with Crippen molar-refractivity contribution in [2.45, 2.75) is 6.92 Å². The number of hydrogen-bond donors (Lipinski definition) is 3. The molecule has 2 aromatic rings. The molecule has 0 spiro atoms. The van der Waals surface area contributed by atoms with Gasteiger partial charge in [-0.25, -0.2) is 4.79 Å². The fourth-order valence-corrected chi connectivity index (χ4v) is 2.28. The Kier molecular flexibility index (Phi) is 6.84. The molecule has 0 aliphatic rings. The molecular formula is C19H23N3O4. The first-order chi connectivity index (χ1) is 12.5. The van der Waals surface area contributed by atoms with Crippen LogP contribution in [0.25, 0.3) is 0 Å². The third kappa shape index (κ3) is 5.41. The second-order valence-electron chi connectivity index (χ2n) is 5.57. The highest BCUT2D eigenvalue weighted by Gasteiger charge is 2.08. The first kappa shape index (κ1) is 19.1. The van der Waals surface area contributed by atoms with E-state index >= 15 is 0 Å². The lowest BCUT2D eigenvalue weighted by molar-refractivity contribution is 0.0954.